The Kier molecular flexibility index (Phi) is 2.99. The lowest BCUT2D eigenvalue weighted by atomic mass is 9.93. The lowest BCUT2D eigenvalue weighted by molar-refractivity contribution is 0.0696. The van der Waals surface area contributed by atoms with Crippen molar-refractivity contribution in [3.05, 3.63) is 58.1 Å². The lowest BCUT2D eigenvalue weighted by Crippen LogP contribution is -2.20. The fourth-order valence-electron chi connectivity index (χ4n) is 2.39. The highest BCUT2D eigenvalue weighted by atomic mass is 35.5. The van der Waals surface area contributed by atoms with E-state index in [4.69, 9.17) is 11.6 Å². The standard InChI is InChI=1S/C15H8ClNO4/c16-10-6-5-9-12(14(19)17-13(9)18)11(10)7-3-1-2-4-8(7)15(20)21/h1-6H,(H,20,21)(H,17,18,19). The molecule has 0 aliphatic carbocycles. The first-order chi connectivity index (χ1) is 10.0. The number of imide groups is 1. The van der Waals surface area contributed by atoms with Crippen LogP contribution in [0.15, 0.2) is 36.4 Å². The van der Waals surface area contributed by atoms with Crippen LogP contribution in [-0.4, -0.2) is 22.9 Å². The van der Waals surface area contributed by atoms with Gasteiger partial charge in [-0.3, -0.25) is 14.9 Å². The molecule has 1 aliphatic rings. The van der Waals surface area contributed by atoms with E-state index < -0.39 is 17.8 Å². The first-order valence-corrected chi connectivity index (χ1v) is 6.39. The van der Waals surface area contributed by atoms with Crippen LogP contribution in [0, 0.1) is 0 Å². The van der Waals surface area contributed by atoms with Gasteiger partial charge in [0.1, 0.15) is 0 Å². The van der Waals surface area contributed by atoms with Gasteiger partial charge in [-0.2, -0.15) is 0 Å². The van der Waals surface area contributed by atoms with Crippen molar-refractivity contribution >= 4 is 29.4 Å². The Bertz CT molecular complexity index is 813. The summed E-state index contributed by atoms with van der Waals surface area (Å²) in [7, 11) is 0. The Morgan fingerprint density at radius 1 is 0.952 bits per heavy atom. The summed E-state index contributed by atoms with van der Waals surface area (Å²) in [6.45, 7) is 0. The molecule has 21 heavy (non-hydrogen) atoms. The molecule has 1 aliphatic heterocycles. The largest absolute Gasteiger partial charge is 0.478 e. The van der Waals surface area contributed by atoms with Crippen LogP contribution in [0.4, 0.5) is 0 Å². The maximum Gasteiger partial charge on any atom is 0.336 e. The third-order valence-electron chi connectivity index (χ3n) is 3.28. The topological polar surface area (TPSA) is 83.5 Å². The number of halogens is 1. The van der Waals surface area contributed by atoms with Crippen molar-refractivity contribution in [2.24, 2.45) is 0 Å². The summed E-state index contributed by atoms with van der Waals surface area (Å²) in [5.41, 5.74) is 0.882. The van der Waals surface area contributed by atoms with Crippen molar-refractivity contribution in [1.82, 2.24) is 5.32 Å². The van der Waals surface area contributed by atoms with E-state index in [1.807, 2.05) is 0 Å². The number of rotatable bonds is 2. The van der Waals surface area contributed by atoms with Gasteiger partial charge in [0.25, 0.3) is 11.8 Å². The van der Waals surface area contributed by atoms with E-state index >= 15 is 0 Å². The highest BCUT2D eigenvalue weighted by Crippen LogP contribution is 2.37. The molecule has 6 heteroatoms. The zero-order valence-corrected chi connectivity index (χ0v) is 11.3. The number of amides is 2. The van der Waals surface area contributed by atoms with E-state index in [1.54, 1.807) is 18.2 Å². The smallest absolute Gasteiger partial charge is 0.336 e. The first-order valence-electron chi connectivity index (χ1n) is 6.01. The van der Waals surface area contributed by atoms with Crippen LogP contribution in [0.25, 0.3) is 11.1 Å². The van der Waals surface area contributed by atoms with Gasteiger partial charge in [0.15, 0.2) is 0 Å². The maximum absolute atomic E-state index is 12.0. The van der Waals surface area contributed by atoms with Crippen molar-refractivity contribution in [3.63, 3.8) is 0 Å². The van der Waals surface area contributed by atoms with E-state index in [1.165, 1.54) is 18.2 Å². The molecule has 0 unspecified atom stereocenters. The quantitative estimate of drug-likeness (QED) is 0.835. The fourth-order valence-corrected chi connectivity index (χ4v) is 2.65. The van der Waals surface area contributed by atoms with Crippen LogP contribution in [0.2, 0.25) is 5.02 Å². The normalized spacial score (nSPS) is 13.0. The van der Waals surface area contributed by atoms with Crippen LogP contribution < -0.4 is 5.32 Å². The zero-order chi connectivity index (χ0) is 15.1. The molecular weight excluding hydrogens is 294 g/mol. The predicted octanol–water partition coefficient (Wildman–Crippen LogP) is 2.59. The van der Waals surface area contributed by atoms with Crippen molar-refractivity contribution in [3.8, 4) is 11.1 Å². The summed E-state index contributed by atoms with van der Waals surface area (Å²) < 4.78 is 0. The molecule has 0 bridgehead atoms. The number of nitrogens with one attached hydrogen (secondary N) is 1. The van der Waals surface area contributed by atoms with Crippen LogP contribution in [-0.2, 0) is 0 Å². The van der Waals surface area contributed by atoms with Crippen LogP contribution in [0.1, 0.15) is 31.1 Å². The third kappa shape index (κ3) is 1.98. The Labute approximate surface area is 124 Å². The predicted molar refractivity (Wildman–Crippen MR) is 75.6 cm³/mol. The van der Waals surface area contributed by atoms with Gasteiger partial charge in [-0.15, -0.1) is 0 Å². The van der Waals surface area contributed by atoms with E-state index in [9.17, 15) is 19.5 Å². The van der Waals surface area contributed by atoms with E-state index in [2.05, 4.69) is 5.32 Å². The van der Waals surface area contributed by atoms with E-state index in [-0.39, 0.29) is 27.3 Å². The van der Waals surface area contributed by atoms with Gasteiger partial charge in [0.2, 0.25) is 0 Å². The molecule has 0 aromatic heterocycles. The number of aromatic carboxylic acids is 1. The Morgan fingerprint density at radius 2 is 1.67 bits per heavy atom. The van der Waals surface area contributed by atoms with Crippen LogP contribution in [0.5, 0.6) is 0 Å². The number of benzene rings is 2. The van der Waals surface area contributed by atoms with Gasteiger partial charge in [0, 0.05) is 10.6 Å². The summed E-state index contributed by atoms with van der Waals surface area (Å²) in [5.74, 6) is -2.22. The molecule has 2 aromatic rings. The van der Waals surface area contributed by atoms with Crippen molar-refractivity contribution in [2.75, 3.05) is 0 Å². The highest BCUT2D eigenvalue weighted by Gasteiger charge is 2.32. The van der Waals surface area contributed by atoms with Crippen molar-refractivity contribution in [2.45, 2.75) is 0 Å². The first kappa shape index (κ1) is 13.3. The molecule has 0 saturated carbocycles. The van der Waals surface area contributed by atoms with Crippen LogP contribution >= 0.6 is 11.6 Å². The Morgan fingerprint density at radius 3 is 2.38 bits per heavy atom. The highest BCUT2D eigenvalue weighted by molar-refractivity contribution is 6.36. The number of carboxylic acids is 1. The second-order valence-corrected chi connectivity index (χ2v) is 4.89. The minimum atomic E-state index is -1.14. The SMILES string of the molecule is O=C(O)c1ccccc1-c1c(Cl)ccc2c1C(=O)NC2=O. The zero-order valence-electron chi connectivity index (χ0n) is 10.5. The molecule has 2 amide bonds. The van der Waals surface area contributed by atoms with Crippen molar-refractivity contribution < 1.29 is 19.5 Å². The molecule has 0 radical (unpaired) electrons. The number of hydrogen-bond acceptors (Lipinski definition) is 3. The maximum atomic E-state index is 12.0. The molecule has 3 rings (SSSR count). The fraction of sp³-hybridized carbons (Fsp3) is 0. The summed E-state index contributed by atoms with van der Waals surface area (Å²) in [5, 5.41) is 11.7. The molecule has 0 atom stereocenters. The van der Waals surface area contributed by atoms with Gasteiger partial charge >= 0.3 is 5.97 Å². The minimum Gasteiger partial charge on any atom is -0.478 e. The molecule has 5 nitrogen and oxygen atoms in total. The molecule has 104 valence electrons. The summed E-state index contributed by atoms with van der Waals surface area (Å²) >= 11 is 6.15. The number of carboxylic acid groups (broad SMARTS) is 1. The average Bonchev–Trinajstić information content (AvgIpc) is 2.74. The van der Waals surface area contributed by atoms with Gasteiger partial charge in [-0.1, -0.05) is 29.8 Å². The second kappa shape index (κ2) is 4.71. The average molecular weight is 302 g/mol. The van der Waals surface area contributed by atoms with E-state index in [0.29, 0.717) is 5.56 Å². The molecule has 2 N–H and O–H groups in total. The summed E-state index contributed by atoms with van der Waals surface area (Å²) in [6, 6.07) is 9.13. The number of carbonyl (C=O) groups excluding carboxylic acids is 2. The molecule has 1 heterocycles. The Hall–Kier alpha value is -2.66. The summed E-state index contributed by atoms with van der Waals surface area (Å²) in [6.07, 6.45) is 0. The number of fused-ring (bicyclic) bond motifs is 1. The van der Waals surface area contributed by atoms with E-state index in [0.717, 1.165) is 0 Å². The molecule has 0 spiro atoms. The molecule has 0 saturated heterocycles. The van der Waals surface area contributed by atoms with Gasteiger partial charge in [0.05, 0.1) is 16.7 Å². The van der Waals surface area contributed by atoms with Gasteiger partial charge < -0.3 is 5.11 Å². The van der Waals surface area contributed by atoms with Gasteiger partial charge in [-0.05, 0) is 23.8 Å². The number of carbonyl (C=O) groups is 3. The van der Waals surface area contributed by atoms with Gasteiger partial charge in [-0.25, -0.2) is 4.79 Å². The lowest BCUT2D eigenvalue weighted by Gasteiger charge is -2.11. The summed E-state index contributed by atoms with van der Waals surface area (Å²) in [4.78, 5) is 35.0. The number of hydrogen-bond donors (Lipinski definition) is 2. The molecule has 0 fully saturated rings. The monoisotopic (exact) mass is 301 g/mol. The van der Waals surface area contributed by atoms with Crippen LogP contribution in [0.3, 0.4) is 0 Å². The molecule has 2 aromatic carbocycles. The Balaban J connectivity index is 2.38. The second-order valence-electron chi connectivity index (χ2n) is 4.48. The molecular formula is C15H8ClNO4. The van der Waals surface area contributed by atoms with Crippen molar-refractivity contribution in [1.29, 1.82) is 0 Å². The third-order valence-corrected chi connectivity index (χ3v) is 3.60. The minimum absolute atomic E-state index is 0.0138.